The van der Waals surface area contributed by atoms with Gasteiger partial charge in [-0.15, -0.1) is 0 Å². The molecule has 2 heterocycles. The zero-order chi connectivity index (χ0) is 26.2. The van der Waals surface area contributed by atoms with E-state index in [1.54, 1.807) is 26.2 Å². The highest BCUT2D eigenvalue weighted by Crippen LogP contribution is 2.32. The monoisotopic (exact) mass is 512 g/mol. The summed E-state index contributed by atoms with van der Waals surface area (Å²) in [6.07, 6.45) is 1.94. The van der Waals surface area contributed by atoms with E-state index in [1.807, 2.05) is 17.0 Å². The Balaban J connectivity index is 1.17. The number of piperazine rings is 1. The molecule has 4 rings (SSSR count). The van der Waals surface area contributed by atoms with Gasteiger partial charge in [-0.2, -0.15) is 0 Å². The Labute approximate surface area is 217 Å². The van der Waals surface area contributed by atoms with Gasteiger partial charge in [0.25, 0.3) is 0 Å². The highest BCUT2D eigenvalue weighted by molar-refractivity contribution is 5.76. The van der Waals surface area contributed by atoms with Crippen LogP contribution in [0.15, 0.2) is 42.5 Å². The second-order valence-electron chi connectivity index (χ2n) is 9.29. The van der Waals surface area contributed by atoms with E-state index in [9.17, 15) is 14.9 Å². The maximum atomic E-state index is 12.8. The van der Waals surface area contributed by atoms with Crippen molar-refractivity contribution in [3.63, 3.8) is 0 Å². The van der Waals surface area contributed by atoms with Crippen LogP contribution in [0, 0.1) is 10.1 Å². The highest BCUT2D eigenvalue weighted by Gasteiger charge is 2.26. The fraction of sp³-hybridized carbons (Fsp3) is 0.519. The number of methoxy groups -OCH3 is 1. The molecule has 0 radical (unpaired) electrons. The van der Waals surface area contributed by atoms with Gasteiger partial charge in [-0.25, -0.2) is 0 Å². The Bertz CT molecular complexity index is 1050. The van der Waals surface area contributed by atoms with E-state index < -0.39 is 4.92 Å². The SMILES string of the molecule is CCOc1cc(OC2CCN(C(=O)CCN3CCN(c4ccc(OC)cc4)CC3)CC2)ccc1[N+](=O)[O-]. The lowest BCUT2D eigenvalue weighted by molar-refractivity contribution is -0.385. The Kier molecular flexibility index (Phi) is 9.05. The maximum absolute atomic E-state index is 12.8. The molecular weight excluding hydrogens is 476 g/mol. The van der Waals surface area contributed by atoms with Gasteiger partial charge in [-0.3, -0.25) is 19.8 Å². The molecule has 0 saturated carbocycles. The van der Waals surface area contributed by atoms with E-state index in [4.69, 9.17) is 14.2 Å². The summed E-state index contributed by atoms with van der Waals surface area (Å²) in [4.78, 5) is 30.2. The van der Waals surface area contributed by atoms with Crippen molar-refractivity contribution in [2.75, 3.05) is 64.4 Å². The van der Waals surface area contributed by atoms with Crippen LogP contribution in [0.25, 0.3) is 0 Å². The number of ether oxygens (including phenoxy) is 3. The number of anilines is 1. The van der Waals surface area contributed by atoms with E-state index in [0.29, 0.717) is 31.9 Å². The number of rotatable bonds is 10. The molecule has 0 N–H and O–H groups in total. The standard InChI is InChI=1S/C27H36N4O6/c1-3-36-26-20-24(8-9-25(26)31(33)34)37-23-10-14-30(15-11-23)27(32)12-13-28-16-18-29(19-17-28)21-4-6-22(35-2)7-5-21/h4-9,20,23H,3,10-19H2,1-2H3. The third-order valence-electron chi connectivity index (χ3n) is 6.98. The first kappa shape index (κ1) is 26.5. The number of nitro benzene ring substituents is 1. The molecule has 0 spiro atoms. The van der Waals surface area contributed by atoms with Gasteiger partial charge in [0.15, 0.2) is 0 Å². The first-order chi connectivity index (χ1) is 18.0. The van der Waals surface area contributed by atoms with Crippen molar-refractivity contribution in [3.05, 3.63) is 52.6 Å². The van der Waals surface area contributed by atoms with Crippen LogP contribution in [0.5, 0.6) is 17.2 Å². The van der Waals surface area contributed by atoms with Crippen molar-refractivity contribution >= 4 is 17.3 Å². The average Bonchev–Trinajstić information content (AvgIpc) is 2.93. The third-order valence-corrected chi connectivity index (χ3v) is 6.98. The number of likely N-dealkylation sites (tertiary alicyclic amines) is 1. The molecule has 0 unspecified atom stereocenters. The normalized spacial score (nSPS) is 16.9. The van der Waals surface area contributed by atoms with E-state index >= 15 is 0 Å². The lowest BCUT2D eigenvalue weighted by atomic mass is 10.1. The molecule has 0 aliphatic carbocycles. The molecular formula is C27H36N4O6. The number of amides is 1. The molecule has 2 aromatic rings. The second-order valence-corrected chi connectivity index (χ2v) is 9.29. The van der Waals surface area contributed by atoms with E-state index in [0.717, 1.165) is 51.3 Å². The molecule has 200 valence electrons. The van der Waals surface area contributed by atoms with Gasteiger partial charge in [-0.1, -0.05) is 0 Å². The zero-order valence-corrected chi connectivity index (χ0v) is 21.6. The lowest BCUT2D eigenvalue weighted by Gasteiger charge is -2.37. The number of hydrogen-bond acceptors (Lipinski definition) is 8. The minimum atomic E-state index is -0.459. The molecule has 2 aliphatic heterocycles. The number of piperidine rings is 1. The average molecular weight is 513 g/mol. The number of hydrogen-bond donors (Lipinski definition) is 0. The highest BCUT2D eigenvalue weighted by atomic mass is 16.6. The summed E-state index contributed by atoms with van der Waals surface area (Å²) >= 11 is 0. The molecule has 10 heteroatoms. The summed E-state index contributed by atoms with van der Waals surface area (Å²) in [5.41, 5.74) is 1.13. The van der Waals surface area contributed by atoms with Crippen LogP contribution in [-0.2, 0) is 4.79 Å². The van der Waals surface area contributed by atoms with Gasteiger partial charge < -0.3 is 24.0 Å². The van der Waals surface area contributed by atoms with E-state index in [2.05, 4.69) is 21.9 Å². The molecule has 0 aromatic heterocycles. The van der Waals surface area contributed by atoms with Gasteiger partial charge in [0, 0.05) is 82.9 Å². The first-order valence-corrected chi connectivity index (χ1v) is 12.9. The molecule has 1 amide bonds. The Hall–Kier alpha value is -3.53. The number of nitro groups is 1. The van der Waals surface area contributed by atoms with Gasteiger partial charge >= 0.3 is 5.69 Å². The number of nitrogens with zero attached hydrogens (tertiary/aromatic N) is 4. The summed E-state index contributed by atoms with van der Waals surface area (Å²) in [5.74, 6) is 1.80. The summed E-state index contributed by atoms with van der Waals surface area (Å²) in [6.45, 7) is 7.96. The zero-order valence-electron chi connectivity index (χ0n) is 21.6. The Morgan fingerprint density at radius 2 is 1.68 bits per heavy atom. The Morgan fingerprint density at radius 3 is 2.30 bits per heavy atom. The molecule has 0 bridgehead atoms. The number of carbonyl (C=O) groups is 1. The molecule has 2 aliphatic rings. The quantitative estimate of drug-likeness (QED) is 0.352. The van der Waals surface area contributed by atoms with Crippen LogP contribution in [-0.4, -0.2) is 86.3 Å². The number of carbonyl (C=O) groups excluding carboxylic acids is 1. The van der Waals surface area contributed by atoms with Gasteiger partial charge in [0.05, 0.1) is 18.6 Å². The second kappa shape index (κ2) is 12.6. The van der Waals surface area contributed by atoms with Gasteiger partial charge in [0.1, 0.15) is 17.6 Å². The predicted molar refractivity (Wildman–Crippen MR) is 141 cm³/mol. The van der Waals surface area contributed by atoms with Crippen LogP contribution in [0.3, 0.4) is 0 Å². The molecule has 37 heavy (non-hydrogen) atoms. The first-order valence-electron chi connectivity index (χ1n) is 12.9. The van der Waals surface area contributed by atoms with Crippen molar-refractivity contribution in [1.29, 1.82) is 0 Å². The fourth-order valence-electron chi connectivity index (χ4n) is 4.84. The van der Waals surface area contributed by atoms with Crippen LogP contribution >= 0.6 is 0 Å². The predicted octanol–water partition coefficient (Wildman–Crippen LogP) is 3.58. The van der Waals surface area contributed by atoms with Crippen LogP contribution in [0.4, 0.5) is 11.4 Å². The summed E-state index contributed by atoms with van der Waals surface area (Å²) in [7, 11) is 1.67. The van der Waals surface area contributed by atoms with Crippen LogP contribution in [0.2, 0.25) is 0 Å². The molecule has 2 saturated heterocycles. The van der Waals surface area contributed by atoms with E-state index in [1.165, 1.54) is 11.8 Å². The summed E-state index contributed by atoms with van der Waals surface area (Å²) < 4.78 is 16.7. The third kappa shape index (κ3) is 7.03. The van der Waals surface area contributed by atoms with Crippen molar-refractivity contribution in [1.82, 2.24) is 9.80 Å². The van der Waals surface area contributed by atoms with Crippen LogP contribution in [0.1, 0.15) is 26.2 Å². The smallest absolute Gasteiger partial charge is 0.311 e. The minimum Gasteiger partial charge on any atom is -0.497 e. The summed E-state index contributed by atoms with van der Waals surface area (Å²) in [5, 5.41) is 11.2. The van der Waals surface area contributed by atoms with Crippen molar-refractivity contribution in [3.8, 4) is 17.2 Å². The molecule has 0 atom stereocenters. The van der Waals surface area contributed by atoms with Gasteiger partial charge in [-0.05, 0) is 37.3 Å². The Morgan fingerprint density at radius 1 is 1.00 bits per heavy atom. The van der Waals surface area contributed by atoms with Gasteiger partial charge in [0.2, 0.25) is 11.7 Å². The maximum Gasteiger partial charge on any atom is 0.311 e. The topological polar surface area (TPSA) is 97.6 Å². The molecule has 10 nitrogen and oxygen atoms in total. The largest absolute Gasteiger partial charge is 0.497 e. The summed E-state index contributed by atoms with van der Waals surface area (Å²) in [6, 6.07) is 12.7. The van der Waals surface area contributed by atoms with Crippen molar-refractivity contribution < 1.29 is 23.9 Å². The molecule has 2 fully saturated rings. The van der Waals surface area contributed by atoms with E-state index in [-0.39, 0.29) is 23.4 Å². The van der Waals surface area contributed by atoms with Crippen molar-refractivity contribution in [2.45, 2.75) is 32.3 Å². The number of benzene rings is 2. The van der Waals surface area contributed by atoms with Crippen molar-refractivity contribution in [2.24, 2.45) is 0 Å². The minimum absolute atomic E-state index is 0.0361. The molecule has 2 aromatic carbocycles. The lowest BCUT2D eigenvalue weighted by Crippen LogP contribution is -2.48. The fourth-order valence-corrected chi connectivity index (χ4v) is 4.84. The van der Waals surface area contributed by atoms with Crippen LogP contribution < -0.4 is 19.1 Å².